The minimum atomic E-state index is -0.0983. The van der Waals surface area contributed by atoms with Crippen molar-refractivity contribution < 1.29 is 4.79 Å². The number of carbonyl (C=O) groups excluding carboxylic acids is 1. The summed E-state index contributed by atoms with van der Waals surface area (Å²) in [7, 11) is 3.40. The Kier molecular flexibility index (Phi) is 3.23. The maximum atomic E-state index is 11.8. The fourth-order valence-electron chi connectivity index (χ4n) is 1.52. The Morgan fingerprint density at radius 3 is 2.83 bits per heavy atom. The number of benzene rings is 1. The summed E-state index contributed by atoms with van der Waals surface area (Å²) >= 11 is 0. The minimum absolute atomic E-state index is 0.0983. The Bertz CT molecular complexity index is 581. The number of carbonyl (C=O) groups is 1. The summed E-state index contributed by atoms with van der Waals surface area (Å²) < 4.78 is 0. The Morgan fingerprint density at radius 2 is 2.17 bits per heavy atom. The van der Waals surface area contributed by atoms with Crippen molar-refractivity contribution in [2.24, 2.45) is 0 Å². The molecule has 5 heteroatoms. The number of hydrogen-bond acceptors (Lipinski definition) is 4. The molecule has 0 saturated carbocycles. The molecule has 0 aliphatic carbocycles. The van der Waals surface area contributed by atoms with Crippen LogP contribution in [-0.2, 0) is 0 Å². The molecule has 0 unspecified atom stereocenters. The molecule has 18 heavy (non-hydrogen) atoms. The van der Waals surface area contributed by atoms with E-state index in [1.165, 1.54) is 4.90 Å². The van der Waals surface area contributed by atoms with Crippen molar-refractivity contribution in [2.75, 3.05) is 19.8 Å². The van der Waals surface area contributed by atoms with Crippen molar-refractivity contribution in [1.29, 1.82) is 0 Å². The molecule has 0 bridgehead atoms. The summed E-state index contributed by atoms with van der Waals surface area (Å²) in [4.78, 5) is 21.3. The third kappa shape index (κ3) is 2.45. The summed E-state index contributed by atoms with van der Waals surface area (Å²) in [6, 6.07) is 9.92. The fraction of sp³-hybridized carbons (Fsp3) is 0.154. The van der Waals surface area contributed by atoms with Crippen molar-refractivity contribution in [1.82, 2.24) is 14.9 Å². The van der Waals surface area contributed by atoms with Crippen molar-refractivity contribution in [3.05, 3.63) is 42.1 Å². The zero-order valence-corrected chi connectivity index (χ0v) is 10.2. The molecule has 1 heterocycles. The van der Waals surface area contributed by atoms with Crippen molar-refractivity contribution in [3.8, 4) is 11.3 Å². The molecule has 0 atom stereocenters. The predicted molar refractivity (Wildman–Crippen MR) is 68.7 cm³/mol. The topological polar surface area (TPSA) is 72.1 Å². The second-order valence-electron chi connectivity index (χ2n) is 3.99. The van der Waals surface area contributed by atoms with Crippen LogP contribution in [0.3, 0.4) is 0 Å². The molecular weight excluding hydrogens is 228 g/mol. The Balaban J connectivity index is 2.42. The number of nitrogens with two attached hydrogens (primary N) is 1. The molecule has 0 saturated heterocycles. The van der Waals surface area contributed by atoms with E-state index in [2.05, 4.69) is 16.0 Å². The fourth-order valence-corrected chi connectivity index (χ4v) is 1.52. The van der Waals surface area contributed by atoms with Crippen LogP contribution in [0.15, 0.2) is 30.5 Å². The maximum absolute atomic E-state index is 11.8. The van der Waals surface area contributed by atoms with Crippen molar-refractivity contribution in [3.63, 3.8) is 0 Å². The quantitative estimate of drug-likeness (QED) is 0.858. The van der Waals surface area contributed by atoms with E-state index in [9.17, 15) is 4.79 Å². The van der Waals surface area contributed by atoms with Gasteiger partial charge in [-0.05, 0) is 18.2 Å². The van der Waals surface area contributed by atoms with E-state index in [1.807, 2.05) is 6.07 Å². The summed E-state index contributed by atoms with van der Waals surface area (Å²) in [6.45, 7) is 0. The van der Waals surface area contributed by atoms with Crippen LogP contribution < -0.4 is 5.73 Å². The molecule has 1 aromatic heterocycles. The maximum Gasteiger partial charge on any atom is 0.253 e. The van der Waals surface area contributed by atoms with Gasteiger partial charge in [-0.1, -0.05) is 12.1 Å². The van der Waals surface area contributed by atoms with Crippen LogP contribution in [0.25, 0.3) is 11.3 Å². The van der Waals surface area contributed by atoms with Crippen LogP contribution in [0.4, 0.5) is 5.95 Å². The standard InChI is InChI=1S/C13H13N4O/c1-17(2)12(18)10-5-3-4-9(8-10)11-6-7-15-13(14)16-11/h3-4,6-8H,1-2H3,(H2,14,15,16). The van der Waals surface area contributed by atoms with E-state index >= 15 is 0 Å². The molecule has 1 radical (unpaired) electrons. The number of amides is 1. The molecule has 0 aliphatic rings. The number of nitrogens with zero attached hydrogens (tertiary/aromatic N) is 3. The lowest BCUT2D eigenvalue weighted by Gasteiger charge is -2.10. The van der Waals surface area contributed by atoms with E-state index < -0.39 is 0 Å². The zero-order valence-electron chi connectivity index (χ0n) is 10.2. The van der Waals surface area contributed by atoms with Gasteiger partial charge in [0.2, 0.25) is 5.95 Å². The third-order valence-electron chi connectivity index (χ3n) is 2.41. The summed E-state index contributed by atoms with van der Waals surface area (Å²) in [5, 5.41) is 0. The van der Waals surface area contributed by atoms with Crippen molar-refractivity contribution >= 4 is 11.9 Å². The van der Waals surface area contributed by atoms with Gasteiger partial charge in [-0.2, -0.15) is 0 Å². The summed E-state index contributed by atoms with van der Waals surface area (Å²) in [5.41, 5.74) is 7.53. The molecule has 2 rings (SSSR count). The van der Waals surface area contributed by atoms with Gasteiger partial charge in [-0.3, -0.25) is 4.79 Å². The zero-order chi connectivity index (χ0) is 13.1. The molecule has 1 aromatic carbocycles. The Hall–Kier alpha value is -2.43. The molecule has 0 fully saturated rings. The lowest BCUT2D eigenvalue weighted by atomic mass is 10.1. The van der Waals surface area contributed by atoms with Crippen LogP contribution in [0.2, 0.25) is 0 Å². The van der Waals surface area contributed by atoms with Crippen LogP contribution in [0, 0.1) is 6.07 Å². The first-order valence-electron chi connectivity index (χ1n) is 5.40. The molecule has 0 aliphatic heterocycles. The minimum Gasteiger partial charge on any atom is -0.368 e. The van der Waals surface area contributed by atoms with Gasteiger partial charge in [0.05, 0.1) is 5.69 Å². The van der Waals surface area contributed by atoms with E-state index in [4.69, 9.17) is 5.73 Å². The average Bonchev–Trinajstić information content (AvgIpc) is 2.38. The number of hydrogen-bond donors (Lipinski definition) is 1. The van der Waals surface area contributed by atoms with Gasteiger partial charge in [0.15, 0.2) is 0 Å². The van der Waals surface area contributed by atoms with Gasteiger partial charge >= 0.3 is 0 Å². The summed E-state index contributed by atoms with van der Waals surface area (Å²) in [6.07, 6.45) is 1.59. The largest absolute Gasteiger partial charge is 0.368 e. The van der Waals surface area contributed by atoms with Gasteiger partial charge in [-0.25, -0.2) is 9.97 Å². The first kappa shape index (κ1) is 12.0. The number of anilines is 1. The van der Waals surface area contributed by atoms with Gasteiger partial charge in [0, 0.05) is 31.4 Å². The van der Waals surface area contributed by atoms with E-state index in [-0.39, 0.29) is 11.9 Å². The van der Waals surface area contributed by atoms with Gasteiger partial charge < -0.3 is 10.6 Å². The van der Waals surface area contributed by atoms with Crippen LogP contribution >= 0.6 is 0 Å². The Labute approximate surface area is 105 Å². The molecule has 2 N–H and O–H groups in total. The Morgan fingerprint density at radius 1 is 1.39 bits per heavy atom. The first-order chi connectivity index (χ1) is 8.58. The highest BCUT2D eigenvalue weighted by molar-refractivity contribution is 5.94. The second kappa shape index (κ2) is 4.83. The number of nitrogen functional groups attached to an aromatic ring is 1. The van der Waals surface area contributed by atoms with Crippen LogP contribution in [0.1, 0.15) is 10.4 Å². The van der Waals surface area contributed by atoms with Crippen LogP contribution in [-0.4, -0.2) is 34.9 Å². The predicted octanol–water partition coefficient (Wildman–Crippen LogP) is 1.23. The molecule has 91 valence electrons. The lowest BCUT2D eigenvalue weighted by molar-refractivity contribution is 0.0827. The normalized spacial score (nSPS) is 10.1. The van der Waals surface area contributed by atoms with Gasteiger partial charge in [0.25, 0.3) is 5.91 Å². The average molecular weight is 241 g/mol. The number of rotatable bonds is 2. The van der Waals surface area contributed by atoms with Gasteiger partial charge in [-0.15, -0.1) is 0 Å². The van der Waals surface area contributed by atoms with Crippen molar-refractivity contribution in [2.45, 2.75) is 0 Å². The van der Waals surface area contributed by atoms with E-state index in [1.54, 1.807) is 38.5 Å². The number of aromatic nitrogens is 2. The monoisotopic (exact) mass is 241 g/mol. The summed E-state index contributed by atoms with van der Waals surface area (Å²) in [5.74, 6) is 0.111. The van der Waals surface area contributed by atoms with Gasteiger partial charge in [0.1, 0.15) is 0 Å². The highest BCUT2D eigenvalue weighted by Crippen LogP contribution is 2.18. The molecular formula is C13H13N4O. The molecule has 2 aromatic rings. The SMILES string of the molecule is CN(C)C(=O)c1[c]ccc(-c2ccnc(N)n2)c1. The molecule has 5 nitrogen and oxygen atoms in total. The third-order valence-corrected chi connectivity index (χ3v) is 2.41. The molecule has 1 amide bonds. The second-order valence-corrected chi connectivity index (χ2v) is 3.99. The highest BCUT2D eigenvalue weighted by Gasteiger charge is 2.09. The smallest absolute Gasteiger partial charge is 0.253 e. The first-order valence-corrected chi connectivity index (χ1v) is 5.40. The lowest BCUT2D eigenvalue weighted by Crippen LogP contribution is -2.21. The van der Waals surface area contributed by atoms with Crippen LogP contribution in [0.5, 0.6) is 0 Å². The van der Waals surface area contributed by atoms with E-state index in [0.29, 0.717) is 11.3 Å². The molecule has 0 spiro atoms. The van der Waals surface area contributed by atoms with E-state index in [0.717, 1.165) is 5.56 Å². The highest BCUT2D eigenvalue weighted by atomic mass is 16.2.